The van der Waals surface area contributed by atoms with Gasteiger partial charge in [0.1, 0.15) is 37.1 Å². The lowest BCUT2D eigenvalue weighted by atomic mass is 10.0. The molecule has 5 atom stereocenters. The molecule has 8 heteroatoms. The molecule has 19 heavy (non-hydrogen) atoms. The Kier molecular flexibility index (Phi) is 7.72. The molecule has 0 aliphatic rings. The summed E-state index contributed by atoms with van der Waals surface area (Å²) in [6.45, 7) is 2.81. The number of carbonyl (C=O) groups excluding carboxylic acids is 2. The molecule has 0 spiro atoms. The second-order valence-corrected chi connectivity index (χ2v) is 4.58. The van der Waals surface area contributed by atoms with Gasteiger partial charge in [-0.15, -0.1) is 0 Å². The van der Waals surface area contributed by atoms with Crippen LogP contribution in [0.1, 0.15) is 13.8 Å². The van der Waals surface area contributed by atoms with E-state index >= 15 is 0 Å². The molecule has 1 unspecified atom stereocenters. The van der Waals surface area contributed by atoms with Crippen molar-refractivity contribution in [3.8, 4) is 0 Å². The number of rotatable bonds is 8. The predicted octanol–water partition coefficient (Wildman–Crippen LogP) is -2.84. The number of carbonyl (C=O) groups is 2. The number of ether oxygens (including phenoxy) is 1. The average molecular weight is 279 g/mol. The van der Waals surface area contributed by atoms with Crippen LogP contribution in [-0.2, 0) is 14.3 Å². The number of esters is 1. The highest BCUT2D eigenvalue weighted by Crippen LogP contribution is 2.06. The fourth-order valence-corrected chi connectivity index (χ4v) is 1.14. The van der Waals surface area contributed by atoms with E-state index in [0.717, 1.165) is 0 Å². The molecule has 6 N–H and O–H groups in total. The van der Waals surface area contributed by atoms with Gasteiger partial charge in [0, 0.05) is 0 Å². The van der Waals surface area contributed by atoms with Crippen LogP contribution in [-0.4, -0.2) is 69.7 Å². The van der Waals surface area contributed by atoms with E-state index in [-0.39, 0.29) is 12.2 Å². The quantitative estimate of drug-likeness (QED) is 0.235. The summed E-state index contributed by atoms with van der Waals surface area (Å²) in [4.78, 5) is 21.6. The van der Waals surface area contributed by atoms with E-state index in [0.29, 0.717) is 0 Å². The molecule has 8 nitrogen and oxygen atoms in total. The molecule has 112 valence electrons. The van der Waals surface area contributed by atoms with Crippen molar-refractivity contribution >= 4 is 12.3 Å². The van der Waals surface area contributed by atoms with Crippen molar-refractivity contribution in [2.75, 3.05) is 6.61 Å². The summed E-state index contributed by atoms with van der Waals surface area (Å²) in [5.41, 5.74) is 5.50. The Morgan fingerprint density at radius 1 is 1.21 bits per heavy atom. The minimum atomic E-state index is -1.87. The molecule has 0 bridgehead atoms. The second kappa shape index (κ2) is 8.18. The first-order chi connectivity index (χ1) is 8.72. The van der Waals surface area contributed by atoms with E-state index in [1.807, 2.05) is 0 Å². The van der Waals surface area contributed by atoms with E-state index in [1.165, 1.54) is 0 Å². The molecule has 0 saturated carbocycles. The van der Waals surface area contributed by atoms with Crippen LogP contribution in [0.5, 0.6) is 0 Å². The third kappa shape index (κ3) is 5.62. The molecule has 0 saturated heterocycles. The van der Waals surface area contributed by atoms with Crippen molar-refractivity contribution in [3.63, 3.8) is 0 Å². The molecule has 0 rings (SSSR count). The van der Waals surface area contributed by atoms with Gasteiger partial charge in [-0.05, 0) is 5.92 Å². The molecule has 0 amide bonds. The van der Waals surface area contributed by atoms with E-state index in [2.05, 4.69) is 4.74 Å². The number of hydrogen-bond donors (Lipinski definition) is 5. The van der Waals surface area contributed by atoms with E-state index in [9.17, 15) is 24.9 Å². The highest BCUT2D eigenvalue weighted by atomic mass is 16.5. The summed E-state index contributed by atoms with van der Waals surface area (Å²) in [5.74, 6) is -0.913. The molecule has 0 aromatic rings. The monoisotopic (exact) mass is 279 g/mol. The van der Waals surface area contributed by atoms with Crippen LogP contribution in [0.4, 0.5) is 0 Å². The van der Waals surface area contributed by atoms with Gasteiger partial charge in [0.05, 0.1) is 0 Å². The summed E-state index contributed by atoms with van der Waals surface area (Å²) >= 11 is 0. The van der Waals surface area contributed by atoms with Gasteiger partial charge in [0.25, 0.3) is 0 Å². The number of aliphatic hydroxyl groups excluding tert-OH is 4. The number of aliphatic hydroxyl groups is 4. The van der Waals surface area contributed by atoms with Gasteiger partial charge in [-0.25, -0.2) is 0 Å². The Labute approximate surface area is 110 Å². The Morgan fingerprint density at radius 2 is 1.74 bits per heavy atom. The van der Waals surface area contributed by atoms with Gasteiger partial charge in [0.2, 0.25) is 0 Å². The number of hydrogen-bond acceptors (Lipinski definition) is 8. The normalized spacial score (nSPS) is 19.4. The van der Waals surface area contributed by atoms with Crippen molar-refractivity contribution in [2.24, 2.45) is 11.7 Å². The zero-order valence-corrected chi connectivity index (χ0v) is 10.8. The standard InChI is InChI=1S/C11H21NO7/c1-5(2)8(12)11(18)19-4-7(15)10(17)9(16)6(14)3-13/h3,5-10,14-17H,4,12H2,1-2H3/t6-,7+,8?,9+,10+/m0/s1. The van der Waals surface area contributed by atoms with Crippen molar-refractivity contribution in [2.45, 2.75) is 44.3 Å². The Bertz CT molecular complexity index is 297. The zero-order valence-electron chi connectivity index (χ0n) is 10.8. The first-order valence-electron chi connectivity index (χ1n) is 5.82. The maximum absolute atomic E-state index is 11.4. The summed E-state index contributed by atoms with van der Waals surface area (Å²) < 4.78 is 4.66. The van der Waals surface area contributed by atoms with Crippen LogP contribution in [0.3, 0.4) is 0 Å². The first kappa shape index (κ1) is 17.9. The Morgan fingerprint density at radius 3 is 2.16 bits per heavy atom. The second-order valence-electron chi connectivity index (χ2n) is 4.58. The highest BCUT2D eigenvalue weighted by molar-refractivity contribution is 5.75. The van der Waals surface area contributed by atoms with Crippen LogP contribution in [0.25, 0.3) is 0 Å². The molecule has 0 aromatic heterocycles. The van der Waals surface area contributed by atoms with Crippen LogP contribution in [0.2, 0.25) is 0 Å². The summed E-state index contributed by atoms with van der Waals surface area (Å²) in [7, 11) is 0. The van der Waals surface area contributed by atoms with Gasteiger partial charge in [0.15, 0.2) is 6.29 Å². The molecular formula is C11H21NO7. The minimum absolute atomic E-state index is 0.0152. The van der Waals surface area contributed by atoms with Gasteiger partial charge in [-0.2, -0.15) is 0 Å². The predicted molar refractivity (Wildman–Crippen MR) is 63.9 cm³/mol. The lowest BCUT2D eigenvalue weighted by Crippen LogP contribution is -2.47. The maximum atomic E-state index is 11.4. The van der Waals surface area contributed by atoms with Gasteiger partial charge >= 0.3 is 5.97 Å². The first-order valence-corrected chi connectivity index (χ1v) is 5.82. The Hall–Kier alpha value is -1.06. The lowest BCUT2D eigenvalue weighted by Gasteiger charge is -2.24. The largest absolute Gasteiger partial charge is 0.462 e. The van der Waals surface area contributed by atoms with Crippen LogP contribution >= 0.6 is 0 Å². The minimum Gasteiger partial charge on any atom is -0.462 e. The van der Waals surface area contributed by atoms with E-state index in [4.69, 9.17) is 10.8 Å². The third-order valence-electron chi connectivity index (χ3n) is 2.62. The fraction of sp³-hybridized carbons (Fsp3) is 0.818. The molecule has 0 aromatic carbocycles. The molecule has 0 fully saturated rings. The maximum Gasteiger partial charge on any atom is 0.323 e. The van der Waals surface area contributed by atoms with Crippen molar-refractivity contribution < 1.29 is 34.8 Å². The molecular weight excluding hydrogens is 258 g/mol. The summed E-state index contributed by atoms with van der Waals surface area (Å²) in [5, 5.41) is 37.1. The molecule has 0 radical (unpaired) electrons. The van der Waals surface area contributed by atoms with Crippen LogP contribution < -0.4 is 5.73 Å². The molecule has 0 aliphatic heterocycles. The number of aldehydes is 1. The van der Waals surface area contributed by atoms with E-state index in [1.54, 1.807) is 13.8 Å². The van der Waals surface area contributed by atoms with Crippen molar-refractivity contribution in [1.29, 1.82) is 0 Å². The molecule has 0 heterocycles. The van der Waals surface area contributed by atoms with Crippen molar-refractivity contribution in [3.05, 3.63) is 0 Å². The van der Waals surface area contributed by atoms with Gasteiger partial charge in [-0.3, -0.25) is 4.79 Å². The number of nitrogens with two attached hydrogens (primary N) is 1. The third-order valence-corrected chi connectivity index (χ3v) is 2.62. The zero-order chi connectivity index (χ0) is 15.2. The highest BCUT2D eigenvalue weighted by Gasteiger charge is 2.31. The van der Waals surface area contributed by atoms with E-state index < -0.39 is 43.0 Å². The topological polar surface area (TPSA) is 150 Å². The van der Waals surface area contributed by atoms with Crippen LogP contribution in [0.15, 0.2) is 0 Å². The van der Waals surface area contributed by atoms with Gasteiger partial charge < -0.3 is 35.7 Å². The van der Waals surface area contributed by atoms with Crippen LogP contribution in [0, 0.1) is 5.92 Å². The van der Waals surface area contributed by atoms with Gasteiger partial charge in [-0.1, -0.05) is 13.8 Å². The summed E-state index contributed by atoms with van der Waals surface area (Å²) in [6.07, 6.45) is -7.17. The molecule has 0 aliphatic carbocycles. The Balaban J connectivity index is 4.27. The SMILES string of the molecule is CC(C)C(N)C(=O)OC[C@@H](O)[C@@H](O)[C@H](O)[C@@H](O)C=O. The average Bonchev–Trinajstić information content (AvgIpc) is 2.40. The smallest absolute Gasteiger partial charge is 0.323 e. The fourth-order valence-electron chi connectivity index (χ4n) is 1.14. The van der Waals surface area contributed by atoms with Crippen molar-refractivity contribution in [1.82, 2.24) is 0 Å². The lowest BCUT2D eigenvalue weighted by molar-refractivity contribution is -0.158. The summed E-state index contributed by atoms with van der Waals surface area (Å²) in [6, 6.07) is -0.866.